The van der Waals surface area contributed by atoms with Crippen LogP contribution in [0.5, 0.6) is 0 Å². The fourth-order valence-corrected chi connectivity index (χ4v) is 1.99. The lowest BCUT2D eigenvalue weighted by Gasteiger charge is -2.21. The van der Waals surface area contributed by atoms with Crippen molar-refractivity contribution < 1.29 is 9.53 Å². The Kier molecular flexibility index (Phi) is 4.43. The van der Waals surface area contributed by atoms with E-state index < -0.39 is 0 Å². The molecule has 1 rings (SSSR count). The van der Waals surface area contributed by atoms with Crippen molar-refractivity contribution in [2.75, 3.05) is 0 Å². The molecule has 1 saturated carbocycles. The van der Waals surface area contributed by atoms with Gasteiger partial charge in [0.2, 0.25) is 0 Å². The summed E-state index contributed by atoms with van der Waals surface area (Å²) in [4.78, 5) is 11.5. The predicted molar refractivity (Wildman–Crippen MR) is 57.0 cm³/mol. The smallest absolute Gasteiger partial charge is 0.308 e. The summed E-state index contributed by atoms with van der Waals surface area (Å²) in [5.74, 6) is 0.647. The van der Waals surface area contributed by atoms with E-state index in [9.17, 15) is 4.79 Å². The summed E-state index contributed by atoms with van der Waals surface area (Å²) in [5.41, 5.74) is 0. The number of hydrogen-bond acceptors (Lipinski definition) is 2. The molecule has 1 aliphatic carbocycles. The van der Waals surface area contributed by atoms with Crippen LogP contribution in [0, 0.1) is 11.8 Å². The zero-order chi connectivity index (χ0) is 10.6. The van der Waals surface area contributed by atoms with E-state index in [2.05, 4.69) is 0 Å². The van der Waals surface area contributed by atoms with Gasteiger partial charge in [0.1, 0.15) is 6.10 Å². The summed E-state index contributed by atoms with van der Waals surface area (Å²) in [5, 5.41) is 0. The summed E-state index contributed by atoms with van der Waals surface area (Å²) < 4.78 is 5.45. The minimum Gasteiger partial charge on any atom is -0.462 e. The van der Waals surface area contributed by atoms with Crippen LogP contribution < -0.4 is 0 Å². The molecule has 0 bridgehead atoms. The van der Waals surface area contributed by atoms with Gasteiger partial charge >= 0.3 is 5.97 Å². The van der Waals surface area contributed by atoms with Crippen LogP contribution in [0.4, 0.5) is 0 Å². The van der Waals surface area contributed by atoms with Crippen LogP contribution >= 0.6 is 0 Å². The summed E-state index contributed by atoms with van der Waals surface area (Å²) in [7, 11) is 0. The minimum absolute atomic E-state index is 0.0214. The van der Waals surface area contributed by atoms with Crippen molar-refractivity contribution in [1.82, 2.24) is 0 Å². The maximum absolute atomic E-state index is 11.5. The first kappa shape index (κ1) is 11.5. The maximum atomic E-state index is 11.5. The highest BCUT2D eigenvalue weighted by Crippen LogP contribution is 2.29. The van der Waals surface area contributed by atoms with Gasteiger partial charge in [-0.25, -0.2) is 0 Å². The van der Waals surface area contributed by atoms with Gasteiger partial charge < -0.3 is 4.74 Å². The highest BCUT2D eigenvalue weighted by Gasteiger charge is 2.25. The van der Waals surface area contributed by atoms with E-state index in [-0.39, 0.29) is 18.0 Å². The maximum Gasteiger partial charge on any atom is 0.308 e. The Labute approximate surface area is 87.0 Å². The van der Waals surface area contributed by atoms with Gasteiger partial charge in [0.25, 0.3) is 0 Å². The van der Waals surface area contributed by atoms with Crippen molar-refractivity contribution in [2.45, 2.75) is 59.0 Å². The second kappa shape index (κ2) is 5.38. The van der Waals surface area contributed by atoms with E-state index in [4.69, 9.17) is 4.74 Å². The Bertz CT molecular complexity index is 183. The van der Waals surface area contributed by atoms with E-state index in [0.29, 0.717) is 5.92 Å². The molecule has 0 radical (unpaired) electrons. The van der Waals surface area contributed by atoms with Crippen molar-refractivity contribution in [3.05, 3.63) is 0 Å². The molecule has 0 heterocycles. The molecule has 0 spiro atoms. The standard InChI is InChI=1S/C12H22O2/c1-4-9(2)12(13)14-10(3)11-7-5-6-8-11/h9-11H,4-8H2,1-3H3. The largest absolute Gasteiger partial charge is 0.462 e. The number of carbonyl (C=O) groups excluding carboxylic acids is 1. The number of rotatable bonds is 4. The van der Waals surface area contributed by atoms with E-state index in [1.54, 1.807) is 0 Å². The molecule has 0 aromatic heterocycles. The van der Waals surface area contributed by atoms with Gasteiger partial charge in [0.05, 0.1) is 5.92 Å². The molecule has 14 heavy (non-hydrogen) atoms. The number of esters is 1. The zero-order valence-corrected chi connectivity index (χ0v) is 9.58. The number of ether oxygens (including phenoxy) is 1. The topological polar surface area (TPSA) is 26.3 Å². The first-order chi connectivity index (χ1) is 6.65. The Morgan fingerprint density at radius 1 is 1.36 bits per heavy atom. The molecule has 2 nitrogen and oxygen atoms in total. The van der Waals surface area contributed by atoms with E-state index in [1.807, 2.05) is 20.8 Å². The molecular formula is C12H22O2. The lowest BCUT2D eigenvalue weighted by molar-refractivity contribution is -0.155. The second-order valence-corrected chi connectivity index (χ2v) is 4.50. The molecule has 2 atom stereocenters. The molecular weight excluding hydrogens is 176 g/mol. The normalized spacial score (nSPS) is 21.9. The first-order valence-corrected chi connectivity index (χ1v) is 5.85. The van der Waals surface area contributed by atoms with Gasteiger partial charge in [-0.1, -0.05) is 26.7 Å². The van der Waals surface area contributed by atoms with E-state index in [0.717, 1.165) is 6.42 Å². The first-order valence-electron chi connectivity index (χ1n) is 5.85. The Hall–Kier alpha value is -0.530. The summed E-state index contributed by atoms with van der Waals surface area (Å²) in [6.45, 7) is 5.99. The molecule has 2 unspecified atom stereocenters. The van der Waals surface area contributed by atoms with E-state index >= 15 is 0 Å². The van der Waals surface area contributed by atoms with Crippen molar-refractivity contribution in [1.29, 1.82) is 0 Å². The average molecular weight is 198 g/mol. The number of hydrogen-bond donors (Lipinski definition) is 0. The molecule has 1 fully saturated rings. The summed E-state index contributed by atoms with van der Waals surface area (Å²) >= 11 is 0. The SMILES string of the molecule is CCC(C)C(=O)OC(C)C1CCCC1. The van der Waals surface area contributed by atoms with Crippen LogP contribution in [0.1, 0.15) is 52.9 Å². The third kappa shape index (κ3) is 3.00. The zero-order valence-electron chi connectivity index (χ0n) is 9.58. The van der Waals surface area contributed by atoms with Gasteiger partial charge in [-0.3, -0.25) is 4.79 Å². The molecule has 0 N–H and O–H groups in total. The van der Waals surface area contributed by atoms with Crippen LogP contribution in [-0.2, 0) is 9.53 Å². The van der Waals surface area contributed by atoms with Gasteiger partial charge in [0, 0.05) is 0 Å². The molecule has 0 aromatic carbocycles. The number of carbonyl (C=O) groups is 1. The third-order valence-corrected chi connectivity index (χ3v) is 3.38. The summed E-state index contributed by atoms with van der Waals surface area (Å²) in [6.07, 6.45) is 6.06. The van der Waals surface area contributed by atoms with Crippen molar-refractivity contribution >= 4 is 5.97 Å². The lowest BCUT2D eigenvalue weighted by Crippen LogP contribution is -2.25. The quantitative estimate of drug-likeness (QED) is 0.649. The Morgan fingerprint density at radius 3 is 2.43 bits per heavy atom. The van der Waals surface area contributed by atoms with E-state index in [1.165, 1.54) is 25.7 Å². The highest BCUT2D eigenvalue weighted by molar-refractivity contribution is 5.72. The highest BCUT2D eigenvalue weighted by atomic mass is 16.5. The minimum atomic E-state index is -0.0214. The van der Waals surface area contributed by atoms with Crippen LogP contribution in [0.25, 0.3) is 0 Å². The molecule has 2 heteroatoms. The van der Waals surface area contributed by atoms with Crippen LogP contribution in [0.2, 0.25) is 0 Å². The van der Waals surface area contributed by atoms with Crippen LogP contribution in [0.3, 0.4) is 0 Å². The fraction of sp³-hybridized carbons (Fsp3) is 0.917. The Balaban J connectivity index is 2.31. The van der Waals surface area contributed by atoms with Crippen molar-refractivity contribution in [3.63, 3.8) is 0 Å². The van der Waals surface area contributed by atoms with Gasteiger partial charge in [-0.2, -0.15) is 0 Å². The second-order valence-electron chi connectivity index (χ2n) is 4.50. The van der Waals surface area contributed by atoms with Gasteiger partial charge in [-0.15, -0.1) is 0 Å². The molecule has 0 amide bonds. The molecule has 82 valence electrons. The predicted octanol–water partition coefficient (Wildman–Crippen LogP) is 3.15. The average Bonchev–Trinajstić information content (AvgIpc) is 2.69. The fourth-order valence-electron chi connectivity index (χ4n) is 1.99. The lowest BCUT2D eigenvalue weighted by atomic mass is 10.0. The monoisotopic (exact) mass is 198 g/mol. The molecule has 0 saturated heterocycles. The van der Waals surface area contributed by atoms with Gasteiger partial charge in [0.15, 0.2) is 0 Å². The van der Waals surface area contributed by atoms with Crippen molar-refractivity contribution in [2.24, 2.45) is 11.8 Å². The Morgan fingerprint density at radius 2 is 1.93 bits per heavy atom. The van der Waals surface area contributed by atoms with Crippen LogP contribution in [0.15, 0.2) is 0 Å². The van der Waals surface area contributed by atoms with Crippen LogP contribution in [-0.4, -0.2) is 12.1 Å². The van der Waals surface area contributed by atoms with Crippen molar-refractivity contribution in [3.8, 4) is 0 Å². The molecule has 0 aliphatic heterocycles. The molecule has 0 aromatic rings. The third-order valence-electron chi connectivity index (χ3n) is 3.38. The molecule has 1 aliphatic rings. The summed E-state index contributed by atoms with van der Waals surface area (Å²) in [6, 6.07) is 0. The van der Waals surface area contributed by atoms with Gasteiger partial charge in [-0.05, 0) is 32.1 Å².